The first-order chi connectivity index (χ1) is 26.0. The molecule has 7 rings (SSSR count). The Bertz CT molecular complexity index is 2170. The molecule has 2 aliphatic heterocycles. The van der Waals surface area contributed by atoms with Gasteiger partial charge in [-0.3, -0.25) is 9.59 Å². The molecule has 10 heteroatoms. The molecule has 3 aromatic rings. The predicted octanol–water partition coefficient (Wildman–Crippen LogP) is 6.17. The Kier molecular flexibility index (Phi) is 11.0. The minimum atomic E-state index is -1.71. The van der Waals surface area contributed by atoms with Crippen LogP contribution in [0.1, 0.15) is 77.1 Å². The van der Waals surface area contributed by atoms with Crippen molar-refractivity contribution in [3.63, 3.8) is 0 Å². The van der Waals surface area contributed by atoms with Crippen molar-refractivity contribution >= 4 is 33.4 Å². The number of H-pyrrole nitrogens is 1. The van der Waals surface area contributed by atoms with Crippen LogP contribution in [0.2, 0.25) is 0 Å². The number of aliphatic hydroxyl groups is 1. The number of ether oxygens (including phenoxy) is 4. The summed E-state index contributed by atoms with van der Waals surface area (Å²) < 4.78 is 26.3. The molecule has 1 aromatic heterocycles. The summed E-state index contributed by atoms with van der Waals surface area (Å²) in [5.41, 5.74) is 1.71. The molecule has 0 saturated carbocycles. The molecule has 10 nitrogen and oxygen atoms in total. The zero-order valence-corrected chi connectivity index (χ0v) is 31.4. The highest BCUT2D eigenvalue weighted by molar-refractivity contribution is 6.16. The van der Waals surface area contributed by atoms with Gasteiger partial charge < -0.3 is 39.5 Å². The van der Waals surface area contributed by atoms with Crippen LogP contribution in [0.25, 0.3) is 21.8 Å². The molecule has 0 spiro atoms. The summed E-state index contributed by atoms with van der Waals surface area (Å²) in [4.78, 5) is 31.3. The molecule has 8 atom stereocenters. The number of allylic oxidation sites excluding steroid dienone is 4. The number of hydrogen-bond donors (Lipinski definition) is 4. The lowest BCUT2D eigenvalue weighted by Gasteiger charge is -2.43. The number of carbonyl (C=O) groups is 2. The van der Waals surface area contributed by atoms with Crippen LogP contribution in [0.3, 0.4) is 0 Å². The number of aromatic hydroxyl groups is 1. The third-order valence-electron chi connectivity index (χ3n) is 10.7. The number of phenols is 1. The minimum Gasteiger partial charge on any atom is -0.508 e. The Morgan fingerprint density at radius 2 is 1.96 bits per heavy atom. The quantitative estimate of drug-likeness (QED) is 0.150. The standard InChI is InChI=1S/C44H48N2O8/c1-6-12-34-40-26(4)36(48)23-44(34,50)20-10-8-7-9-15-37(40)54-43-38(53-39-19-16-28(24-51-39)45-25(2)3)22-32(27(5)52-43)42(49)31-14-11-13-30-33-21-29(47)17-18-35(33)46-41(30)31/h7-8,11-14,17-18,21,25,27-28,32,37-39,43,45-47,50H,6,16,19,22-24H2,1-5H3/b8-7-,34-12+/t27?,28?,32?,37-,38?,39?,43?,44-/m0/s1. The molecule has 2 aliphatic carbocycles. The maximum Gasteiger partial charge on any atom is 0.186 e. The lowest BCUT2D eigenvalue weighted by molar-refractivity contribution is -0.299. The molecule has 0 amide bonds. The molecule has 2 aromatic carbocycles. The fourth-order valence-corrected chi connectivity index (χ4v) is 8.10. The van der Waals surface area contributed by atoms with Gasteiger partial charge in [0.25, 0.3) is 0 Å². The maximum atomic E-state index is 14.6. The number of carbonyl (C=O) groups excluding carboxylic acids is 2. The first-order valence-corrected chi connectivity index (χ1v) is 18.9. The van der Waals surface area contributed by atoms with Crippen molar-refractivity contribution in [1.82, 2.24) is 10.3 Å². The normalized spacial score (nSPS) is 31.3. The van der Waals surface area contributed by atoms with Gasteiger partial charge in [-0.2, -0.15) is 0 Å². The zero-order chi connectivity index (χ0) is 38.1. The largest absolute Gasteiger partial charge is 0.508 e. The smallest absolute Gasteiger partial charge is 0.186 e. The first kappa shape index (κ1) is 37.8. The van der Waals surface area contributed by atoms with Gasteiger partial charge in [-0.1, -0.05) is 62.7 Å². The van der Waals surface area contributed by atoms with Crippen LogP contribution < -0.4 is 5.32 Å². The van der Waals surface area contributed by atoms with Gasteiger partial charge in [-0.05, 0) is 87.1 Å². The molecule has 0 radical (unpaired) electrons. The molecule has 6 unspecified atom stereocenters. The van der Waals surface area contributed by atoms with E-state index in [1.165, 1.54) is 0 Å². The summed E-state index contributed by atoms with van der Waals surface area (Å²) in [6.07, 6.45) is 3.27. The van der Waals surface area contributed by atoms with Gasteiger partial charge in [0.05, 0.1) is 30.6 Å². The fourth-order valence-electron chi connectivity index (χ4n) is 8.10. The summed E-state index contributed by atoms with van der Waals surface area (Å²) >= 11 is 0. The van der Waals surface area contributed by atoms with Gasteiger partial charge >= 0.3 is 0 Å². The fraction of sp³-hybridized carbons (Fsp3) is 0.455. The second-order valence-electron chi connectivity index (χ2n) is 15.0. The predicted molar refractivity (Wildman–Crippen MR) is 205 cm³/mol. The van der Waals surface area contributed by atoms with E-state index in [1.807, 2.05) is 32.1 Å². The molecule has 54 heavy (non-hydrogen) atoms. The van der Waals surface area contributed by atoms with Gasteiger partial charge in [0.1, 0.15) is 18.0 Å². The molecule has 4 aliphatic rings. The zero-order valence-electron chi connectivity index (χ0n) is 31.4. The highest BCUT2D eigenvalue weighted by atomic mass is 16.7. The number of ketones is 2. The van der Waals surface area contributed by atoms with Gasteiger partial charge in [0.2, 0.25) is 0 Å². The second-order valence-corrected chi connectivity index (χ2v) is 15.0. The van der Waals surface area contributed by atoms with Gasteiger partial charge in [-0.25, -0.2) is 0 Å². The molecule has 3 heterocycles. The molecular formula is C44H48N2O8. The number of nitrogens with one attached hydrogen (secondary N) is 2. The minimum absolute atomic E-state index is 0.112. The Morgan fingerprint density at radius 1 is 1.15 bits per heavy atom. The lowest BCUT2D eigenvalue weighted by atomic mass is 9.73. The van der Waals surface area contributed by atoms with Crippen LogP contribution in [0.4, 0.5) is 0 Å². The Hall–Kier alpha value is -4.52. The highest BCUT2D eigenvalue weighted by Gasteiger charge is 2.47. The molecular weight excluding hydrogens is 684 g/mol. The Balaban J connectivity index is 1.22. The van der Waals surface area contributed by atoms with Crippen molar-refractivity contribution in [2.24, 2.45) is 5.92 Å². The van der Waals surface area contributed by atoms with Crippen molar-refractivity contribution in [2.75, 3.05) is 6.61 Å². The van der Waals surface area contributed by atoms with Gasteiger partial charge in [0.15, 0.2) is 29.7 Å². The average Bonchev–Trinajstić information content (AvgIpc) is 3.51. The maximum absolute atomic E-state index is 14.6. The van der Waals surface area contributed by atoms with Gasteiger partial charge in [-0.15, -0.1) is 0 Å². The lowest BCUT2D eigenvalue weighted by Crippen LogP contribution is -2.52. The molecule has 282 valence electrons. The van der Waals surface area contributed by atoms with Crippen LogP contribution in [0, 0.1) is 29.6 Å². The monoisotopic (exact) mass is 732 g/mol. The summed E-state index contributed by atoms with van der Waals surface area (Å²) in [6, 6.07) is 11.2. The van der Waals surface area contributed by atoms with E-state index in [9.17, 15) is 19.8 Å². The Labute approximate surface area is 316 Å². The number of benzene rings is 2. The van der Waals surface area contributed by atoms with Crippen molar-refractivity contribution < 1.29 is 38.7 Å². The number of para-hydroxylation sites is 1. The first-order valence-electron chi connectivity index (χ1n) is 18.9. The topological polar surface area (TPSA) is 139 Å². The summed E-state index contributed by atoms with van der Waals surface area (Å²) in [5.74, 6) is 11.1. The second kappa shape index (κ2) is 15.7. The SMILES string of the molecule is CC/C=C1\C2=C(C)C(=O)C[C@@]1(O)C#C/C=C\C#C[C@@H]2OC1OC(C)C(C(=O)c2cccc3c2[nH]c2ccc(O)cc23)CC1OC1CCC(NC(C)C)CO1. The Morgan fingerprint density at radius 3 is 2.72 bits per heavy atom. The van der Waals surface area contributed by atoms with Crippen molar-refractivity contribution in [3.8, 4) is 29.4 Å². The summed E-state index contributed by atoms with van der Waals surface area (Å²) in [5, 5.41) is 27.2. The van der Waals surface area contributed by atoms with Crippen molar-refractivity contribution in [3.05, 3.63) is 76.9 Å². The van der Waals surface area contributed by atoms with E-state index in [2.05, 4.69) is 47.8 Å². The number of phenolic OH excluding ortho intramolecular Hbond substituents is 1. The third kappa shape index (κ3) is 7.56. The van der Waals surface area contributed by atoms with E-state index in [1.54, 1.807) is 43.3 Å². The number of aromatic nitrogens is 1. The number of hydrogen-bond acceptors (Lipinski definition) is 9. The van der Waals surface area contributed by atoms with Crippen LogP contribution >= 0.6 is 0 Å². The number of fused-ring (bicyclic) bond motifs is 5. The van der Waals surface area contributed by atoms with Crippen molar-refractivity contribution in [1.29, 1.82) is 0 Å². The highest BCUT2D eigenvalue weighted by Crippen LogP contribution is 2.41. The summed E-state index contributed by atoms with van der Waals surface area (Å²) in [7, 11) is 0. The molecule has 4 N–H and O–H groups in total. The number of aromatic amines is 1. The van der Waals surface area contributed by atoms with E-state index in [-0.39, 0.29) is 36.2 Å². The third-order valence-corrected chi connectivity index (χ3v) is 10.7. The van der Waals surface area contributed by atoms with E-state index < -0.39 is 42.4 Å². The van der Waals surface area contributed by atoms with E-state index in [0.29, 0.717) is 53.3 Å². The van der Waals surface area contributed by atoms with E-state index in [4.69, 9.17) is 18.9 Å². The average molecular weight is 733 g/mol. The van der Waals surface area contributed by atoms with Crippen LogP contribution in [-0.2, 0) is 23.7 Å². The summed E-state index contributed by atoms with van der Waals surface area (Å²) in [6.45, 7) is 10.2. The molecule has 2 saturated heterocycles. The van der Waals surface area contributed by atoms with Crippen molar-refractivity contribution in [2.45, 2.75) is 115 Å². The number of Topliss-reactive ketones (excluding diaryl/α,β-unsaturated/α-hetero) is 2. The van der Waals surface area contributed by atoms with E-state index >= 15 is 0 Å². The van der Waals surface area contributed by atoms with Crippen LogP contribution in [-0.4, -0.2) is 81.9 Å². The van der Waals surface area contributed by atoms with Crippen LogP contribution in [0.15, 0.2) is 71.3 Å². The van der Waals surface area contributed by atoms with Crippen LogP contribution in [0.5, 0.6) is 5.75 Å². The number of rotatable bonds is 9. The molecule has 2 bridgehead atoms. The van der Waals surface area contributed by atoms with Gasteiger partial charge in [0, 0.05) is 39.5 Å². The van der Waals surface area contributed by atoms with E-state index in [0.717, 1.165) is 22.7 Å². The molecule has 2 fully saturated rings.